The molecule has 0 unspecified atom stereocenters. The van der Waals surface area contributed by atoms with Crippen molar-refractivity contribution in [2.24, 2.45) is 0 Å². The van der Waals surface area contributed by atoms with E-state index in [1.165, 1.54) is 24.5 Å². The number of nitrogens with zero attached hydrogens (tertiary/aromatic N) is 1. The van der Waals surface area contributed by atoms with Crippen LogP contribution in [0, 0.1) is 0 Å². The van der Waals surface area contributed by atoms with E-state index in [1.54, 1.807) is 24.3 Å². The molecule has 130 valence electrons. The standard InChI is InChI=1S/C16H14ClN3O5/c17-12-1-3-13(4-2-12)24-9-14(21)19-20-15(22)10-25-16(23)11-5-7-18-8-6-11/h1-8H,9-10H2,(H,19,21)(H,20,22). The molecular formula is C16H14ClN3O5. The zero-order chi connectivity index (χ0) is 18.1. The SMILES string of the molecule is O=C(COC(=O)c1ccncc1)NNC(=O)COc1ccc(Cl)cc1. The predicted octanol–water partition coefficient (Wildman–Crippen LogP) is 1.12. The maximum Gasteiger partial charge on any atom is 0.338 e. The second-order valence-electron chi connectivity index (χ2n) is 4.65. The first-order valence-corrected chi connectivity index (χ1v) is 7.45. The number of halogens is 1. The smallest absolute Gasteiger partial charge is 0.338 e. The third kappa shape index (κ3) is 6.48. The number of pyridine rings is 1. The lowest BCUT2D eigenvalue weighted by molar-refractivity contribution is -0.131. The number of carbonyl (C=O) groups excluding carboxylic acids is 3. The number of aromatic nitrogens is 1. The van der Waals surface area contributed by atoms with Gasteiger partial charge in [-0.25, -0.2) is 4.79 Å². The first-order chi connectivity index (χ1) is 12.0. The largest absolute Gasteiger partial charge is 0.484 e. The van der Waals surface area contributed by atoms with E-state index in [-0.39, 0.29) is 12.2 Å². The Balaban J connectivity index is 1.64. The van der Waals surface area contributed by atoms with E-state index in [0.29, 0.717) is 10.8 Å². The minimum atomic E-state index is -0.692. The molecule has 2 aromatic rings. The molecule has 0 fully saturated rings. The van der Waals surface area contributed by atoms with Gasteiger partial charge in [0.15, 0.2) is 13.2 Å². The van der Waals surface area contributed by atoms with Crippen molar-refractivity contribution in [1.29, 1.82) is 0 Å². The second kappa shape index (κ2) is 9.24. The number of hydrazine groups is 1. The Morgan fingerprint density at radius 1 is 0.920 bits per heavy atom. The van der Waals surface area contributed by atoms with Crippen molar-refractivity contribution in [3.05, 3.63) is 59.4 Å². The van der Waals surface area contributed by atoms with Crippen molar-refractivity contribution in [1.82, 2.24) is 15.8 Å². The first-order valence-electron chi connectivity index (χ1n) is 7.08. The van der Waals surface area contributed by atoms with E-state index in [0.717, 1.165) is 0 Å². The Labute approximate surface area is 148 Å². The normalized spacial score (nSPS) is 9.80. The molecule has 0 radical (unpaired) electrons. The van der Waals surface area contributed by atoms with Crippen LogP contribution in [0.2, 0.25) is 5.02 Å². The first kappa shape index (κ1) is 18.2. The van der Waals surface area contributed by atoms with Crippen LogP contribution in [0.25, 0.3) is 0 Å². The van der Waals surface area contributed by atoms with Crippen molar-refractivity contribution in [3.8, 4) is 5.75 Å². The number of carbonyl (C=O) groups is 3. The highest BCUT2D eigenvalue weighted by molar-refractivity contribution is 6.30. The minimum Gasteiger partial charge on any atom is -0.484 e. The summed E-state index contributed by atoms with van der Waals surface area (Å²) >= 11 is 5.73. The Bertz CT molecular complexity index is 737. The number of esters is 1. The average molecular weight is 364 g/mol. The topological polar surface area (TPSA) is 107 Å². The van der Waals surface area contributed by atoms with E-state index < -0.39 is 24.4 Å². The third-order valence-electron chi connectivity index (χ3n) is 2.78. The van der Waals surface area contributed by atoms with Crippen LogP contribution in [0.3, 0.4) is 0 Å². The number of benzene rings is 1. The predicted molar refractivity (Wildman–Crippen MR) is 87.8 cm³/mol. The molecule has 2 N–H and O–H groups in total. The summed E-state index contributed by atoms with van der Waals surface area (Å²) in [5.74, 6) is -1.49. The lowest BCUT2D eigenvalue weighted by atomic mass is 10.3. The molecule has 2 amide bonds. The fourth-order valence-electron chi connectivity index (χ4n) is 1.59. The van der Waals surface area contributed by atoms with Crippen LogP contribution in [-0.4, -0.2) is 36.0 Å². The molecular weight excluding hydrogens is 350 g/mol. The fourth-order valence-corrected chi connectivity index (χ4v) is 1.72. The van der Waals surface area contributed by atoms with Crippen molar-refractivity contribution in [2.75, 3.05) is 13.2 Å². The number of amides is 2. The van der Waals surface area contributed by atoms with E-state index >= 15 is 0 Å². The molecule has 1 aromatic carbocycles. The minimum absolute atomic E-state index is 0.267. The van der Waals surface area contributed by atoms with Crippen LogP contribution in [0.4, 0.5) is 0 Å². The molecule has 8 nitrogen and oxygen atoms in total. The molecule has 9 heteroatoms. The van der Waals surface area contributed by atoms with Gasteiger partial charge in [0.2, 0.25) is 0 Å². The highest BCUT2D eigenvalue weighted by atomic mass is 35.5. The zero-order valence-corrected chi connectivity index (χ0v) is 13.7. The van der Waals surface area contributed by atoms with Crippen LogP contribution in [0.15, 0.2) is 48.8 Å². The lowest BCUT2D eigenvalue weighted by Crippen LogP contribution is -2.45. The molecule has 0 saturated carbocycles. The summed E-state index contributed by atoms with van der Waals surface area (Å²) in [6.07, 6.45) is 2.86. The highest BCUT2D eigenvalue weighted by Crippen LogP contribution is 2.15. The van der Waals surface area contributed by atoms with Crippen LogP contribution in [0.1, 0.15) is 10.4 Å². The van der Waals surface area contributed by atoms with Crippen LogP contribution >= 0.6 is 11.6 Å². The zero-order valence-electron chi connectivity index (χ0n) is 12.9. The number of hydrogen-bond donors (Lipinski definition) is 2. The second-order valence-corrected chi connectivity index (χ2v) is 5.09. The van der Waals surface area contributed by atoms with Gasteiger partial charge in [0, 0.05) is 17.4 Å². The van der Waals surface area contributed by atoms with Gasteiger partial charge >= 0.3 is 5.97 Å². The Morgan fingerprint density at radius 2 is 1.52 bits per heavy atom. The quantitative estimate of drug-likeness (QED) is 0.588. The van der Waals surface area contributed by atoms with Crippen molar-refractivity contribution in [3.63, 3.8) is 0 Å². The molecule has 0 aliphatic heterocycles. The molecule has 0 aliphatic rings. The summed E-state index contributed by atoms with van der Waals surface area (Å²) in [4.78, 5) is 38.5. The van der Waals surface area contributed by atoms with Gasteiger partial charge in [0.05, 0.1) is 5.56 Å². The molecule has 0 atom stereocenters. The number of hydrogen-bond acceptors (Lipinski definition) is 6. The molecule has 2 rings (SSSR count). The Kier molecular flexibility index (Phi) is 6.73. The van der Waals surface area contributed by atoms with Crippen LogP contribution < -0.4 is 15.6 Å². The molecule has 0 saturated heterocycles. The summed E-state index contributed by atoms with van der Waals surface area (Å²) in [5.41, 5.74) is 4.51. The maximum atomic E-state index is 11.6. The third-order valence-corrected chi connectivity index (χ3v) is 3.03. The summed E-state index contributed by atoms with van der Waals surface area (Å²) in [6.45, 7) is -0.849. The van der Waals surface area contributed by atoms with Crippen molar-refractivity contribution in [2.45, 2.75) is 0 Å². The molecule has 0 bridgehead atoms. The Hall–Kier alpha value is -3.13. The lowest BCUT2D eigenvalue weighted by Gasteiger charge is -2.09. The van der Waals surface area contributed by atoms with Gasteiger partial charge in [0.1, 0.15) is 5.75 Å². The fraction of sp³-hybridized carbons (Fsp3) is 0.125. The number of ether oxygens (including phenoxy) is 2. The molecule has 0 spiro atoms. The van der Waals surface area contributed by atoms with Crippen molar-refractivity contribution < 1.29 is 23.9 Å². The number of nitrogens with one attached hydrogen (secondary N) is 2. The molecule has 1 aromatic heterocycles. The summed E-state index contributed by atoms with van der Waals surface area (Å²) in [5, 5.41) is 0.547. The Morgan fingerprint density at radius 3 is 2.16 bits per heavy atom. The van der Waals surface area contributed by atoms with Crippen molar-refractivity contribution >= 4 is 29.4 Å². The summed E-state index contributed by atoms with van der Waals surface area (Å²) < 4.78 is 9.99. The molecule has 0 aliphatic carbocycles. The van der Waals surface area contributed by atoms with E-state index in [1.807, 2.05) is 0 Å². The summed E-state index contributed by atoms with van der Waals surface area (Å²) in [7, 11) is 0. The van der Waals surface area contributed by atoms with Gasteiger partial charge in [0.25, 0.3) is 11.8 Å². The summed E-state index contributed by atoms with van der Waals surface area (Å²) in [6, 6.07) is 9.35. The van der Waals surface area contributed by atoms with Gasteiger partial charge in [-0.1, -0.05) is 11.6 Å². The molecule has 25 heavy (non-hydrogen) atoms. The van der Waals surface area contributed by atoms with Gasteiger partial charge in [-0.3, -0.25) is 25.4 Å². The van der Waals surface area contributed by atoms with Crippen LogP contribution in [0.5, 0.6) is 5.75 Å². The van der Waals surface area contributed by atoms with Gasteiger partial charge in [-0.2, -0.15) is 0 Å². The monoisotopic (exact) mass is 363 g/mol. The van der Waals surface area contributed by atoms with E-state index in [2.05, 4.69) is 15.8 Å². The maximum absolute atomic E-state index is 11.6. The molecule has 1 heterocycles. The number of rotatable bonds is 6. The highest BCUT2D eigenvalue weighted by Gasteiger charge is 2.10. The van der Waals surface area contributed by atoms with E-state index in [9.17, 15) is 14.4 Å². The van der Waals surface area contributed by atoms with Gasteiger partial charge < -0.3 is 9.47 Å². The van der Waals surface area contributed by atoms with Crippen LogP contribution in [-0.2, 0) is 14.3 Å². The van der Waals surface area contributed by atoms with Gasteiger partial charge in [-0.15, -0.1) is 0 Å². The average Bonchev–Trinajstić information content (AvgIpc) is 2.64. The van der Waals surface area contributed by atoms with E-state index in [4.69, 9.17) is 21.1 Å². The van der Waals surface area contributed by atoms with Gasteiger partial charge in [-0.05, 0) is 36.4 Å².